The van der Waals surface area contributed by atoms with E-state index >= 15 is 0 Å². The number of hydrogen-bond donors (Lipinski definition) is 0. The van der Waals surface area contributed by atoms with Gasteiger partial charge < -0.3 is 0 Å². The minimum absolute atomic E-state index is 0.0929. The first-order valence-electron chi connectivity index (χ1n) is 5.20. The lowest BCUT2D eigenvalue weighted by Gasteiger charge is -2.19. The third-order valence-electron chi connectivity index (χ3n) is 2.77. The van der Waals surface area contributed by atoms with Crippen LogP contribution in [0.4, 0.5) is 22.0 Å². The Labute approximate surface area is 116 Å². The number of halogens is 6. The van der Waals surface area contributed by atoms with Gasteiger partial charge in [-0.1, -0.05) is 0 Å². The smallest absolute Gasteiger partial charge is 0.295 e. The molecule has 2 heterocycles. The highest BCUT2D eigenvalue weighted by atomic mass is 79.9. The SMILES string of the molecule is Cn1c(=O)n(CC(F)(F)C(F)(F)F)c2cnc(Br)cc21. The maximum atomic E-state index is 13.1. The summed E-state index contributed by atoms with van der Waals surface area (Å²) in [5.74, 6) is -5.00. The lowest BCUT2D eigenvalue weighted by molar-refractivity contribution is -0.286. The van der Waals surface area contributed by atoms with Gasteiger partial charge in [0.05, 0.1) is 17.2 Å². The summed E-state index contributed by atoms with van der Waals surface area (Å²) in [7, 11) is 1.28. The molecule has 0 saturated heterocycles. The molecule has 110 valence electrons. The molecular weight excluding hydrogens is 353 g/mol. The molecule has 0 bridgehead atoms. The summed E-state index contributed by atoms with van der Waals surface area (Å²) in [6.45, 7) is -1.78. The standard InChI is InChI=1S/C10H7BrF5N3O/c1-18-5-2-7(11)17-3-6(5)19(8(18)20)4-9(12,13)10(14,15)16/h2-3H,4H2,1H3. The third-order valence-corrected chi connectivity index (χ3v) is 3.20. The molecule has 0 aliphatic heterocycles. The molecule has 0 saturated carbocycles. The summed E-state index contributed by atoms with van der Waals surface area (Å²) in [5.41, 5.74) is -0.858. The molecule has 0 aromatic carbocycles. The van der Waals surface area contributed by atoms with Crippen molar-refractivity contribution >= 4 is 27.0 Å². The fourth-order valence-corrected chi connectivity index (χ4v) is 2.04. The van der Waals surface area contributed by atoms with Crippen LogP contribution >= 0.6 is 15.9 Å². The van der Waals surface area contributed by atoms with Crippen molar-refractivity contribution < 1.29 is 22.0 Å². The number of fused-ring (bicyclic) bond motifs is 1. The maximum Gasteiger partial charge on any atom is 0.455 e. The van der Waals surface area contributed by atoms with Gasteiger partial charge in [0.15, 0.2) is 0 Å². The first-order chi connectivity index (χ1) is 9.04. The van der Waals surface area contributed by atoms with Crippen molar-refractivity contribution in [2.24, 2.45) is 7.05 Å². The monoisotopic (exact) mass is 359 g/mol. The van der Waals surface area contributed by atoms with E-state index in [4.69, 9.17) is 0 Å². The number of aryl methyl sites for hydroxylation is 1. The first-order valence-corrected chi connectivity index (χ1v) is 5.99. The van der Waals surface area contributed by atoms with E-state index in [0.29, 0.717) is 9.17 Å². The molecule has 2 aromatic heterocycles. The molecule has 4 nitrogen and oxygen atoms in total. The number of rotatable bonds is 2. The summed E-state index contributed by atoms with van der Waals surface area (Å²) in [5, 5.41) is 0. The Hall–Kier alpha value is -1.45. The van der Waals surface area contributed by atoms with E-state index < -0.39 is 24.3 Å². The number of hydrogen-bond acceptors (Lipinski definition) is 2. The molecule has 0 aliphatic rings. The molecule has 0 N–H and O–H groups in total. The number of pyridine rings is 1. The number of imidazole rings is 1. The van der Waals surface area contributed by atoms with Gasteiger partial charge in [0.25, 0.3) is 0 Å². The zero-order chi connectivity index (χ0) is 15.3. The minimum Gasteiger partial charge on any atom is -0.295 e. The fourth-order valence-electron chi connectivity index (χ4n) is 1.72. The Balaban J connectivity index is 2.62. The highest BCUT2D eigenvalue weighted by Crippen LogP contribution is 2.36. The highest BCUT2D eigenvalue weighted by molar-refractivity contribution is 9.10. The summed E-state index contributed by atoms with van der Waals surface area (Å²) in [6, 6.07) is 1.36. The van der Waals surface area contributed by atoms with Crippen LogP contribution < -0.4 is 5.69 Å². The zero-order valence-electron chi connectivity index (χ0n) is 9.88. The zero-order valence-corrected chi connectivity index (χ0v) is 11.5. The Morgan fingerprint density at radius 3 is 2.40 bits per heavy atom. The van der Waals surface area contributed by atoms with Crippen LogP contribution in [0.2, 0.25) is 0 Å². The topological polar surface area (TPSA) is 39.8 Å². The molecule has 0 fully saturated rings. The van der Waals surface area contributed by atoms with Crippen molar-refractivity contribution in [3.8, 4) is 0 Å². The minimum atomic E-state index is -5.72. The Bertz CT molecular complexity index is 718. The molecule has 2 aromatic rings. The highest BCUT2D eigenvalue weighted by Gasteiger charge is 2.57. The molecular formula is C10H7BrF5N3O. The van der Waals surface area contributed by atoms with Crippen LogP contribution in [-0.4, -0.2) is 26.2 Å². The molecule has 2 rings (SSSR count). The summed E-state index contributed by atoms with van der Waals surface area (Å²) in [6.07, 6.45) is -4.66. The molecule has 0 spiro atoms. The Morgan fingerprint density at radius 1 is 1.25 bits per heavy atom. The quantitative estimate of drug-likeness (QED) is 0.610. The molecule has 0 unspecified atom stereocenters. The van der Waals surface area contributed by atoms with Crippen LogP contribution in [0.5, 0.6) is 0 Å². The lowest BCUT2D eigenvalue weighted by Crippen LogP contribution is -2.42. The van der Waals surface area contributed by atoms with E-state index in [2.05, 4.69) is 20.9 Å². The van der Waals surface area contributed by atoms with Gasteiger partial charge in [0, 0.05) is 7.05 Å². The average Bonchev–Trinajstić information content (AvgIpc) is 2.53. The Morgan fingerprint density at radius 2 is 1.85 bits per heavy atom. The van der Waals surface area contributed by atoms with Crippen LogP contribution in [-0.2, 0) is 13.6 Å². The third kappa shape index (κ3) is 2.32. The molecule has 0 atom stereocenters. The largest absolute Gasteiger partial charge is 0.455 e. The summed E-state index contributed by atoms with van der Waals surface area (Å²) >= 11 is 3.03. The average molecular weight is 360 g/mol. The van der Waals surface area contributed by atoms with Gasteiger partial charge in [0.2, 0.25) is 0 Å². The normalized spacial score (nSPS) is 13.2. The van der Waals surface area contributed by atoms with Gasteiger partial charge in [-0.3, -0.25) is 9.13 Å². The second kappa shape index (κ2) is 4.54. The van der Waals surface area contributed by atoms with Gasteiger partial charge in [0.1, 0.15) is 11.1 Å². The van der Waals surface area contributed by atoms with E-state index in [1.165, 1.54) is 13.1 Å². The van der Waals surface area contributed by atoms with Crippen LogP contribution in [0.25, 0.3) is 11.0 Å². The van der Waals surface area contributed by atoms with E-state index in [-0.39, 0.29) is 11.0 Å². The van der Waals surface area contributed by atoms with Crippen LogP contribution in [0.1, 0.15) is 0 Å². The number of aromatic nitrogens is 3. The van der Waals surface area contributed by atoms with E-state index in [0.717, 1.165) is 10.8 Å². The molecule has 20 heavy (non-hydrogen) atoms. The number of alkyl halides is 5. The fraction of sp³-hybridized carbons (Fsp3) is 0.400. The summed E-state index contributed by atoms with van der Waals surface area (Å²) in [4.78, 5) is 15.5. The van der Waals surface area contributed by atoms with Crippen molar-refractivity contribution in [1.29, 1.82) is 0 Å². The van der Waals surface area contributed by atoms with Crippen molar-refractivity contribution in [3.63, 3.8) is 0 Å². The van der Waals surface area contributed by atoms with Gasteiger partial charge in [-0.15, -0.1) is 0 Å². The van der Waals surface area contributed by atoms with Gasteiger partial charge in [-0.05, 0) is 22.0 Å². The van der Waals surface area contributed by atoms with Crippen LogP contribution in [0.3, 0.4) is 0 Å². The van der Waals surface area contributed by atoms with Crippen molar-refractivity contribution in [1.82, 2.24) is 14.1 Å². The van der Waals surface area contributed by atoms with Gasteiger partial charge in [-0.25, -0.2) is 9.78 Å². The van der Waals surface area contributed by atoms with Gasteiger partial charge >= 0.3 is 17.8 Å². The Kier molecular flexibility index (Phi) is 3.39. The van der Waals surface area contributed by atoms with E-state index in [1.807, 2.05) is 0 Å². The number of nitrogens with zero attached hydrogens (tertiary/aromatic N) is 3. The summed E-state index contributed by atoms with van der Waals surface area (Å²) < 4.78 is 64.5. The van der Waals surface area contributed by atoms with Crippen LogP contribution in [0.15, 0.2) is 21.7 Å². The first kappa shape index (κ1) is 14.9. The van der Waals surface area contributed by atoms with Crippen LogP contribution in [0, 0.1) is 0 Å². The van der Waals surface area contributed by atoms with Crippen molar-refractivity contribution in [2.75, 3.05) is 0 Å². The predicted molar refractivity (Wildman–Crippen MR) is 63.7 cm³/mol. The molecule has 10 heteroatoms. The maximum absolute atomic E-state index is 13.1. The second-order valence-corrected chi connectivity index (χ2v) is 4.94. The second-order valence-electron chi connectivity index (χ2n) is 4.13. The predicted octanol–water partition coefficient (Wildman–Crippen LogP) is 2.70. The lowest BCUT2D eigenvalue weighted by atomic mass is 10.3. The van der Waals surface area contributed by atoms with Crippen molar-refractivity contribution in [3.05, 3.63) is 27.4 Å². The molecule has 0 aliphatic carbocycles. The molecule has 0 radical (unpaired) electrons. The molecule has 0 amide bonds. The van der Waals surface area contributed by atoms with E-state index in [1.54, 1.807) is 0 Å². The van der Waals surface area contributed by atoms with E-state index in [9.17, 15) is 26.7 Å². The van der Waals surface area contributed by atoms with Crippen molar-refractivity contribution in [2.45, 2.75) is 18.6 Å². The van der Waals surface area contributed by atoms with Gasteiger partial charge in [-0.2, -0.15) is 22.0 Å².